The first-order valence-corrected chi connectivity index (χ1v) is 21.7. The Kier molecular flexibility index (Phi) is 22.9. The number of hydrogen-bond donors (Lipinski definition) is 0. The summed E-state index contributed by atoms with van der Waals surface area (Å²) in [5, 5.41) is 0. The minimum atomic E-state index is -0.230. The van der Waals surface area contributed by atoms with Crippen molar-refractivity contribution in [3.05, 3.63) is 48.6 Å². The molecule has 3 fully saturated rings. The summed E-state index contributed by atoms with van der Waals surface area (Å²) in [5.74, 6) is -0.230. The summed E-state index contributed by atoms with van der Waals surface area (Å²) in [6, 6.07) is 0. The molecular weight excluding hydrogens is 585 g/mol. The summed E-state index contributed by atoms with van der Waals surface area (Å²) >= 11 is 0. The Labute approximate surface area is 300 Å². The van der Waals surface area contributed by atoms with Gasteiger partial charge in [-0.3, -0.25) is 0 Å². The monoisotopic (exact) mass is 665 g/mol. The molecular formula is C46H80O2. The minimum absolute atomic E-state index is 0.230. The van der Waals surface area contributed by atoms with Crippen LogP contribution in [0.1, 0.15) is 219 Å². The van der Waals surface area contributed by atoms with Crippen molar-refractivity contribution in [3.8, 4) is 0 Å². The van der Waals surface area contributed by atoms with E-state index in [1.807, 2.05) is 0 Å². The first-order valence-electron chi connectivity index (χ1n) is 21.7. The smallest absolute Gasteiger partial charge is 0.169 e. The zero-order valence-corrected chi connectivity index (χ0v) is 32.2. The van der Waals surface area contributed by atoms with E-state index in [4.69, 9.17) is 9.47 Å². The molecule has 0 aromatic heterocycles. The summed E-state index contributed by atoms with van der Waals surface area (Å²) in [6.45, 7) is 4.55. The van der Waals surface area contributed by atoms with Crippen LogP contribution in [0.3, 0.4) is 0 Å². The maximum Gasteiger partial charge on any atom is 0.169 e. The summed E-state index contributed by atoms with van der Waals surface area (Å²) in [6.07, 6.45) is 62.0. The van der Waals surface area contributed by atoms with Crippen LogP contribution in [0.15, 0.2) is 48.6 Å². The quantitative estimate of drug-likeness (QED) is 0.0562. The molecule has 0 aromatic carbocycles. The third-order valence-corrected chi connectivity index (χ3v) is 11.6. The number of ether oxygens (including phenoxy) is 2. The van der Waals surface area contributed by atoms with E-state index in [-0.39, 0.29) is 5.79 Å². The van der Waals surface area contributed by atoms with Gasteiger partial charge in [0.2, 0.25) is 0 Å². The zero-order chi connectivity index (χ0) is 33.9. The van der Waals surface area contributed by atoms with Gasteiger partial charge in [-0.1, -0.05) is 152 Å². The molecule has 0 aromatic rings. The second-order valence-electron chi connectivity index (χ2n) is 16.0. The van der Waals surface area contributed by atoms with Gasteiger partial charge in [0.15, 0.2) is 5.79 Å². The van der Waals surface area contributed by atoms with Gasteiger partial charge in [-0.15, -0.1) is 0 Å². The van der Waals surface area contributed by atoms with Gasteiger partial charge < -0.3 is 9.47 Å². The van der Waals surface area contributed by atoms with Crippen molar-refractivity contribution in [1.82, 2.24) is 0 Å². The molecule has 0 radical (unpaired) electrons. The first kappa shape index (κ1) is 41.3. The lowest BCUT2D eigenvalue weighted by molar-refractivity contribution is -0.180. The zero-order valence-electron chi connectivity index (χ0n) is 32.2. The van der Waals surface area contributed by atoms with Gasteiger partial charge in [0.1, 0.15) is 0 Å². The highest BCUT2D eigenvalue weighted by Crippen LogP contribution is 2.57. The molecule has 1 saturated heterocycles. The Morgan fingerprint density at radius 2 is 0.854 bits per heavy atom. The molecule has 2 atom stereocenters. The third kappa shape index (κ3) is 17.7. The highest BCUT2D eigenvalue weighted by Gasteiger charge is 2.56. The molecule has 0 amide bonds. The van der Waals surface area contributed by atoms with Gasteiger partial charge >= 0.3 is 0 Å². The average molecular weight is 665 g/mol. The molecule has 2 nitrogen and oxygen atoms in total. The minimum Gasteiger partial charge on any atom is -0.344 e. The van der Waals surface area contributed by atoms with Crippen molar-refractivity contribution in [2.24, 2.45) is 5.41 Å². The number of hydrogen-bond acceptors (Lipinski definition) is 2. The van der Waals surface area contributed by atoms with Gasteiger partial charge in [-0.05, 0) is 108 Å². The van der Waals surface area contributed by atoms with E-state index in [9.17, 15) is 0 Å². The van der Waals surface area contributed by atoms with E-state index in [2.05, 4.69) is 62.5 Å². The van der Waals surface area contributed by atoms with E-state index in [1.165, 1.54) is 186 Å². The normalized spacial score (nSPS) is 25.8. The van der Waals surface area contributed by atoms with E-state index in [1.54, 1.807) is 0 Å². The van der Waals surface area contributed by atoms with E-state index >= 15 is 0 Å². The van der Waals surface area contributed by atoms with E-state index < -0.39 is 0 Å². The number of unbranched alkanes of at least 4 members (excludes halogenated alkanes) is 18. The molecule has 48 heavy (non-hydrogen) atoms. The van der Waals surface area contributed by atoms with Gasteiger partial charge in [0.05, 0.1) is 12.2 Å². The van der Waals surface area contributed by atoms with Gasteiger partial charge in [0, 0.05) is 12.8 Å². The highest BCUT2D eigenvalue weighted by atomic mass is 16.8. The Hall–Kier alpha value is -1.12. The van der Waals surface area contributed by atoms with Crippen LogP contribution in [0.25, 0.3) is 0 Å². The molecule has 2 heteroatoms. The van der Waals surface area contributed by atoms with Crippen molar-refractivity contribution in [2.45, 2.75) is 237 Å². The third-order valence-electron chi connectivity index (χ3n) is 11.6. The van der Waals surface area contributed by atoms with Gasteiger partial charge in [0.25, 0.3) is 0 Å². The molecule has 1 aliphatic heterocycles. The molecule has 0 bridgehead atoms. The maximum absolute atomic E-state index is 6.71. The second-order valence-corrected chi connectivity index (χ2v) is 16.0. The van der Waals surface area contributed by atoms with Crippen molar-refractivity contribution in [1.29, 1.82) is 0 Å². The van der Waals surface area contributed by atoms with Crippen LogP contribution in [-0.2, 0) is 9.47 Å². The fourth-order valence-electron chi connectivity index (χ4n) is 8.67. The van der Waals surface area contributed by atoms with E-state index in [0.29, 0.717) is 17.6 Å². The highest BCUT2D eigenvalue weighted by molar-refractivity contribution is 5.00. The van der Waals surface area contributed by atoms with Crippen LogP contribution in [-0.4, -0.2) is 18.0 Å². The predicted molar refractivity (Wildman–Crippen MR) is 211 cm³/mol. The number of fused-ring (bicyclic) bond motifs is 1. The Bertz CT molecular complexity index is 820. The second kappa shape index (κ2) is 26.7. The standard InChI is InChI=1S/C46H80O2/c1-3-5-7-9-11-13-15-17-19-21-23-25-27-29-31-33-38-45(40-41-46(42-45)47-43-36-35-37-44(43)48-46)39-34-32-30-28-26-24-22-20-18-16-14-12-10-8-6-4-2/h11-14,17-20,43-44H,3-10,15-16,21-42H2,1-2H3. The Morgan fingerprint density at radius 1 is 0.458 bits per heavy atom. The Balaban J connectivity index is 1.24. The summed E-state index contributed by atoms with van der Waals surface area (Å²) in [4.78, 5) is 0. The molecule has 1 heterocycles. The first-order chi connectivity index (χ1) is 23.7. The van der Waals surface area contributed by atoms with Crippen LogP contribution in [0.5, 0.6) is 0 Å². The van der Waals surface area contributed by atoms with Crippen LogP contribution in [0.4, 0.5) is 0 Å². The lowest BCUT2D eigenvalue weighted by atomic mass is 9.76. The summed E-state index contributed by atoms with van der Waals surface area (Å²) in [5.41, 5.74) is 0.461. The van der Waals surface area contributed by atoms with Crippen molar-refractivity contribution in [2.75, 3.05) is 0 Å². The van der Waals surface area contributed by atoms with Crippen molar-refractivity contribution < 1.29 is 9.47 Å². The topological polar surface area (TPSA) is 18.5 Å². The van der Waals surface area contributed by atoms with Crippen LogP contribution in [0.2, 0.25) is 0 Å². The molecule has 3 rings (SSSR count). The summed E-state index contributed by atoms with van der Waals surface area (Å²) in [7, 11) is 0. The van der Waals surface area contributed by atoms with Crippen LogP contribution in [0, 0.1) is 5.41 Å². The molecule has 2 aliphatic carbocycles. The lowest BCUT2D eigenvalue weighted by Crippen LogP contribution is -2.31. The van der Waals surface area contributed by atoms with Gasteiger partial charge in [-0.2, -0.15) is 0 Å². The van der Waals surface area contributed by atoms with Crippen LogP contribution >= 0.6 is 0 Å². The average Bonchev–Trinajstić information content (AvgIpc) is 3.78. The molecule has 276 valence electrons. The number of rotatable bonds is 30. The fourth-order valence-corrected chi connectivity index (χ4v) is 8.67. The van der Waals surface area contributed by atoms with Gasteiger partial charge in [-0.25, -0.2) is 0 Å². The predicted octanol–water partition coefficient (Wildman–Crippen LogP) is 15.2. The van der Waals surface area contributed by atoms with Crippen molar-refractivity contribution in [3.63, 3.8) is 0 Å². The SMILES string of the molecule is CCCCCC=CCC=CCCCCCCCCC1(CCCCCCCCC=CCC=CCCCCC)CCC2(C1)OC1CCCC1O2. The van der Waals surface area contributed by atoms with Crippen LogP contribution < -0.4 is 0 Å². The largest absolute Gasteiger partial charge is 0.344 e. The molecule has 0 N–H and O–H groups in total. The lowest BCUT2D eigenvalue weighted by Gasteiger charge is -2.32. The van der Waals surface area contributed by atoms with E-state index in [0.717, 1.165) is 19.3 Å². The molecule has 2 saturated carbocycles. The summed E-state index contributed by atoms with van der Waals surface area (Å²) < 4.78 is 13.4. The van der Waals surface area contributed by atoms with Crippen molar-refractivity contribution >= 4 is 0 Å². The Morgan fingerprint density at radius 3 is 1.29 bits per heavy atom. The molecule has 1 spiro atoms. The number of allylic oxidation sites excluding steroid dienone is 8. The fraction of sp³-hybridized carbons (Fsp3) is 0.826. The molecule has 3 aliphatic rings. The molecule has 2 unspecified atom stereocenters. The maximum atomic E-state index is 6.71.